The predicted octanol–water partition coefficient (Wildman–Crippen LogP) is 4.75. The van der Waals surface area contributed by atoms with Crippen molar-refractivity contribution in [2.24, 2.45) is 0 Å². The van der Waals surface area contributed by atoms with Crippen LogP contribution in [0.2, 0.25) is 0 Å². The van der Waals surface area contributed by atoms with Crippen molar-refractivity contribution in [3.05, 3.63) is 87.3 Å². The molecule has 2 N–H and O–H groups in total. The van der Waals surface area contributed by atoms with Crippen molar-refractivity contribution >= 4 is 50.9 Å². The summed E-state index contributed by atoms with van der Waals surface area (Å²) >= 11 is 0.842. The third kappa shape index (κ3) is 4.37. The molecule has 9 heteroatoms. The number of ketones is 1. The molecule has 0 atom stereocenters. The van der Waals surface area contributed by atoms with Gasteiger partial charge in [-0.3, -0.25) is 4.79 Å². The van der Waals surface area contributed by atoms with Gasteiger partial charge in [0.25, 0.3) is 10.0 Å². The number of halogens is 1. The number of thioether (sulfide) groups is 1. The molecule has 154 valence electrons. The van der Waals surface area contributed by atoms with Gasteiger partial charge in [0.1, 0.15) is 10.1 Å². The van der Waals surface area contributed by atoms with Crippen molar-refractivity contribution in [1.82, 2.24) is 4.72 Å². The Bertz CT molecular complexity index is 1220. The Balaban J connectivity index is 1.76. The van der Waals surface area contributed by atoms with Crippen LogP contribution in [0.5, 0.6) is 0 Å². The second kappa shape index (κ2) is 8.68. The number of benzene rings is 2. The maximum absolute atomic E-state index is 14.7. The molecule has 3 rings (SSSR count). The Kier molecular flexibility index (Phi) is 6.23. The number of carbonyl (C=O) groups is 2. The smallest absolute Gasteiger partial charge is 0.307 e. The summed E-state index contributed by atoms with van der Waals surface area (Å²) in [6.45, 7) is 4.95. The zero-order chi connectivity index (χ0) is 21.9. The maximum atomic E-state index is 14.7. The molecule has 0 saturated heterocycles. The Morgan fingerprint density at radius 1 is 1.17 bits per heavy atom. The topological polar surface area (TPSA) is 92.3 Å². The van der Waals surface area contributed by atoms with Crippen LogP contribution in [-0.4, -0.2) is 20.2 Å². The van der Waals surface area contributed by atoms with Crippen LogP contribution < -0.4 is 10.0 Å². The van der Waals surface area contributed by atoms with E-state index in [0.717, 1.165) is 17.8 Å². The number of fused-ring (bicyclic) bond motifs is 1. The minimum atomic E-state index is -4.08. The highest BCUT2D eigenvalue weighted by molar-refractivity contribution is 8.19. The van der Waals surface area contributed by atoms with Gasteiger partial charge < -0.3 is 5.32 Å². The number of nitrogens with one attached hydrogen (secondary N) is 2. The van der Waals surface area contributed by atoms with Gasteiger partial charge in [0.15, 0.2) is 5.78 Å². The molecule has 6 nitrogen and oxygen atoms in total. The highest BCUT2D eigenvalue weighted by Gasteiger charge is 2.25. The standard InChI is InChI=1S/C21H17FN2O4S2/c1-3-19(29-4-2)30(27,28)24-21(26)23-14-9-10-16(18(22)12-14)17-11-13-7-5-6-8-15(13)20(17)25/h3-12H,2H2,1H3,(H2,23,24,26)/b19-3+. The molecule has 1 aliphatic carbocycles. The van der Waals surface area contributed by atoms with Crippen LogP contribution >= 0.6 is 11.8 Å². The number of allylic oxidation sites excluding steroid dienone is 2. The quantitative estimate of drug-likeness (QED) is 0.671. The fourth-order valence-electron chi connectivity index (χ4n) is 2.90. The maximum Gasteiger partial charge on any atom is 0.333 e. The molecule has 0 heterocycles. The number of urea groups is 1. The van der Waals surface area contributed by atoms with Crippen molar-refractivity contribution in [3.63, 3.8) is 0 Å². The minimum Gasteiger partial charge on any atom is -0.307 e. The van der Waals surface area contributed by atoms with Crippen LogP contribution in [0.1, 0.15) is 28.4 Å². The Morgan fingerprint density at radius 2 is 1.90 bits per heavy atom. The number of hydrogen-bond acceptors (Lipinski definition) is 5. The molecule has 0 fully saturated rings. The highest BCUT2D eigenvalue weighted by Crippen LogP contribution is 2.33. The van der Waals surface area contributed by atoms with E-state index >= 15 is 0 Å². The summed E-state index contributed by atoms with van der Waals surface area (Å²) in [5.41, 5.74) is 1.54. The van der Waals surface area contributed by atoms with E-state index in [1.165, 1.54) is 30.5 Å². The van der Waals surface area contributed by atoms with Crippen LogP contribution in [0, 0.1) is 5.82 Å². The summed E-state index contributed by atoms with van der Waals surface area (Å²) in [5, 5.41) is 3.59. The van der Waals surface area contributed by atoms with Crippen molar-refractivity contribution in [1.29, 1.82) is 0 Å². The van der Waals surface area contributed by atoms with Gasteiger partial charge in [0, 0.05) is 22.4 Å². The average Bonchev–Trinajstić information content (AvgIpc) is 3.02. The Hall–Kier alpha value is -3.17. The molecule has 30 heavy (non-hydrogen) atoms. The third-order valence-electron chi connectivity index (χ3n) is 4.19. The molecule has 0 bridgehead atoms. The predicted molar refractivity (Wildman–Crippen MR) is 118 cm³/mol. The van der Waals surface area contributed by atoms with Gasteiger partial charge in [-0.25, -0.2) is 22.3 Å². The zero-order valence-corrected chi connectivity index (χ0v) is 17.4. The number of carbonyl (C=O) groups excluding carboxylic acids is 2. The summed E-state index contributed by atoms with van der Waals surface area (Å²) in [7, 11) is -4.08. The molecule has 0 aromatic heterocycles. The summed E-state index contributed by atoms with van der Waals surface area (Å²) in [6, 6.07) is 9.68. The molecule has 0 radical (unpaired) electrons. The van der Waals surface area contributed by atoms with Gasteiger partial charge in [-0.15, -0.1) is 0 Å². The first-order valence-electron chi connectivity index (χ1n) is 8.70. The SMILES string of the molecule is C=CS/C(=C\C)S(=O)(=O)NC(=O)Nc1ccc(C2=Cc3ccccc3C2=O)c(F)c1. The van der Waals surface area contributed by atoms with E-state index in [2.05, 4.69) is 11.9 Å². The molecule has 0 spiro atoms. The van der Waals surface area contributed by atoms with Gasteiger partial charge in [0.05, 0.1) is 0 Å². The number of amides is 2. The van der Waals surface area contributed by atoms with Gasteiger partial charge in [-0.2, -0.15) is 0 Å². The fourth-order valence-corrected chi connectivity index (χ4v) is 4.75. The van der Waals surface area contributed by atoms with Gasteiger partial charge in [-0.1, -0.05) is 48.7 Å². The van der Waals surface area contributed by atoms with Crippen LogP contribution in [0.15, 0.2) is 64.8 Å². The van der Waals surface area contributed by atoms with Crippen LogP contribution in [0.4, 0.5) is 14.9 Å². The molecule has 2 amide bonds. The number of hydrogen-bond donors (Lipinski definition) is 2. The van der Waals surface area contributed by atoms with Crippen LogP contribution in [-0.2, 0) is 10.0 Å². The number of Topliss-reactive ketones (excluding diaryl/α,β-unsaturated/α-hetero) is 1. The molecule has 1 aliphatic rings. The second-order valence-corrected chi connectivity index (χ2v) is 9.04. The molecule has 0 aliphatic heterocycles. The summed E-state index contributed by atoms with van der Waals surface area (Å²) in [6.07, 6.45) is 2.93. The van der Waals surface area contributed by atoms with E-state index in [1.807, 2.05) is 4.72 Å². The third-order valence-corrected chi connectivity index (χ3v) is 7.00. The van der Waals surface area contributed by atoms with Crippen molar-refractivity contribution < 1.29 is 22.4 Å². The summed E-state index contributed by atoms with van der Waals surface area (Å²) in [4.78, 5) is 24.6. The van der Waals surface area contributed by atoms with E-state index < -0.39 is 21.9 Å². The summed E-state index contributed by atoms with van der Waals surface area (Å²) in [5.74, 6) is -1.01. The van der Waals surface area contributed by atoms with Crippen LogP contribution in [0.25, 0.3) is 11.6 Å². The number of anilines is 1. The van der Waals surface area contributed by atoms with Crippen molar-refractivity contribution in [2.45, 2.75) is 6.92 Å². The van der Waals surface area contributed by atoms with Crippen molar-refractivity contribution in [3.8, 4) is 0 Å². The van der Waals surface area contributed by atoms with Gasteiger partial charge >= 0.3 is 6.03 Å². The monoisotopic (exact) mass is 444 g/mol. The number of sulfonamides is 1. The first-order valence-corrected chi connectivity index (χ1v) is 11.1. The lowest BCUT2D eigenvalue weighted by Gasteiger charge is -2.11. The Labute approximate surface area is 177 Å². The number of rotatable bonds is 6. The van der Waals surface area contributed by atoms with E-state index in [0.29, 0.717) is 11.1 Å². The zero-order valence-electron chi connectivity index (χ0n) is 15.8. The van der Waals surface area contributed by atoms with Gasteiger partial charge in [-0.05, 0) is 42.2 Å². The van der Waals surface area contributed by atoms with E-state index in [1.54, 1.807) is 30.3 Å². The first kappa shape index (κ1) is 21.5. The normalized spacial score (nSPS) is 13.5. The highest BCUT2D eigenvalue weighted by atomic mass is 32.3. The lowest BCUT2D eigenvalue weighted by atomic mass is 10.0. The lowest BCUT2D eigenvalue weighted by molar-refractivity contribution is 0.105. The molecule has 2 aromatic carbocycles. The summed E-state index contributed by atoms with van der Waals surface area (Å²) < 4.78 is 40.7. The van der Waals surface area contributed by atoms with E-state index in [9.17, 15) is 22.4 Å². The Morgan fingerprint density at radius 3 is 2.53 bits per heavy atom. The molecule has 0 unspecified atom stereocenters. The minimum absolute atomic E-state index is 0.0333. The molecular formula is C21H17FN2O4S2. The fraction of sp³-hybridized carbons (Fsp3) is 0.0476. The van der Waals surface area contributed by atoms with Gasteiger partial charge in [0.2, 0.25) is 0 Å². The van der Waals surface area contributed by atoms with E-state index in [4.69, 9.17) is 0 Å². The second-order valence-electron chi connectivity index (χ2n) is 6.12. The van der Waals surface area contributed by atoms with E-state index in [-0.39, 0.29) is 26.8 Å². The average molecular weight is 445 g/mol. The lowest BCUT2D eigenvalue weighted by Crippen LogP contribution is -2.34. The molecule has 0 saturated carbocycles. The first-order chi connectivity index (χ1) is 14.3. The van der Waals surface area contributed by atoms with Crippen molar-refractivity contribution in [2.75, 3.05) is 5.32 Å². The molecular weight excluding hydrogens is 427 g/mol. The molecule has 2 aromatic rings. The van der Waals surface area contributed by atoms with Crippen LogP contribution in [0.3, 0.4) is 0 Å². The largest absolute Gasteiger partial charge is 0.333 e.